The maximum Gasteiger partial charge on any atom is 0.0731 e. The van der Waals surface area contributed by atoms with Crippen molar-refractivity contribution in [2.45, 2.75) is 83.0 Å². The van der Waals surface area contributed by atoms with Crippen LogP contribution in [0.15, 0.2) is 0 Å². The molecule has 17 heavy (non-hydrogen) atoms. The Balaban J connectivity index is 1.85. The van der Waals surface area contributed by atoms with Crippen molar-refractivity contribution < 1.29 is 4.74 Å². The first kappa shape index (κ1) is 13.4. The van der Waals surface area contributed by atoms with Gasteiger partial charge in [-0.2, -0.15) is 0 Å². The van der Waals surface area contributed by atoms with E-state index in [1.807, 2.05) is 0 Å². The molecule has 2 rings (SSSR count). The summed E-state index contributed by atoms with van der Waals surface area (Å²) in [6.45, 7) is 2.37. The molecule has 0 aromatic heterocycles. The first-order chi connectivity index (χ1) is 8.29. The van der Waals surface area contributed by atoms with E-state index in [0.29, 0.717) is 18.2 Å². The van der Waals surface area contributed by atoms with E-state index in [9.17, 15) is 0 Å². The lowest BCUT2D eigenvalue weighted by molar-refractivity contribution is -0.0559. The van der Waals surface area contributed by atoms with Gasteiger partial charge in [-0.1, -0.05) is 39.0 Å². The van der Waals surface area contributed by atoms with E-state index in [0.717, 1.165) is 5.92 Å². The Hall–Kier alpha value is -0.0800. The van der Waals surface area contributed by atoms with E-state index in [2.05, 4.69) is 19.3 Å². The van der Waals surface area contributed by atoms with Crippen molar-refractivity contribution in [1.82, 2.24) is 5.32 Å². The smallest absolute Gasteiger partial charge is 0.0731 e. The molecule has 2 fully saturated rings. The molecule has 0 aromatic rings. The summed E-state index contributed by atoms with van der Waals surface area (Å²) < 4.78 is 6.42. The summed E-state index contributed by atoms with van der Waals surface area (Å²) in [7, 11) is 2.09. The van der Waals surface area contributed by atoms with Crippen molar-refractivity contribution in [1.29, 1.82) is 0 Å². The highest BCUT2D eigenvalue weighted by molar-refractivity contribution is 4.81. The maximum absolute atomic E-state index is 6.42. The summed E-state index contributed by atoms with van der Waals surface area (Å²) in [5.74, 6) is 0.868. The van der Waals surface area contributed by atoms with E-state index in [1.54, 1.807) is 0 Å². The summed E-state index contributed by atoms with van der Waals surface area (Å²) in [4.78, 5) is 0. The number of nitrogens with one attached hydrogen (secondary N) is 1. The second kappa shape index (κ2) is 6.75. The molecule has 0 bridgehead atoms. The summed E-state index contributed by atoms with van der Waals surface area (Å²) >= 11 is 0. The van der Waals surface area contributed by atoms with Crippen molar-refractivity contribution in [3.63, 3.8) is 0 Å². The van der Waals surface area contributed by atoms with Crippen molar-refractivity contribution in [2.24, 2.45) is 5.92 Å². The Morgan fingerprint density at radius 1 is 0.941 bits per heavy atom. The van der Waals surface area contributed by atoms with Gasteiger partial charge in [-0.25, -0.2) is 0 Å². The first-order valence-corrected chi connectivity index (χ1v) is 7.62. The molecule has 2 saturated carbocycles. The second-order valence-electron chi connectivity index (χ2n) is 6.10. The summed E-state index contributed by atoms with van der Waals surface area (Å²) in [5.41, 5.74) is 0. The van der Waals surface area contributed by atoms with Gasteiger partial charge in [0.1, 0.15) is 0 Å². The summed E-state index contributed by atoms with van der Waals surface area (Å²) in [6.07, 6.45) is 13.0. The number of ether oxygens (including phenoxy) is 1. The largest absolute Gasteiger partial charge is 0.373 e. The third kappa shape index (κ3) is 3.96. The van der Waals surface area contributed by atoms with Crippen LogP contribution >= 0.6 is 0 Å². The molecule has 0 radical (unpaired) electrons. The minimum absolute atomic E-state index is 0.470. The fourth-order valence-electron chi connectivity index (χ4n) is 3.52. The average molecular weight is 239 g/mol. The molecule has 2 aliphatic rings. The molecule has 0 amide bonds. The molecule has 0 heterocycles. The van der Waals surface area contributed by atoms with Gasteiger partial charge in [-0.3, -0.25) is 0 Å². The second-order valence-corrected chi connectivity index (χ2v) is 6.10. The van der Waals surface area contributed by atoms with Crippen LogP contribution in [0.5, 0.6) is 0 Å². The van der Waals surface area contributed by atoms with Crippen LogP contribution in [0, 0.1) is 5.92 Å². The van der Waals surface area contributed by atoms with Crippen LogP contribution in [0.4, 0.5) is 0 Å². The van der Waals surface area contributed by atoms with Crippen LogP contribution in [0.1, 0.15) is 64.7 Å². The molecule has 0 saturated heterocycles. The molecule has 2 heteroatoms. The normalized spacial score (nSPS) is 39.9. The highest BCUT2D eigenvalue weighted by Gasteiger charge is 2.28. The maximum atomic E-state index is 6.42. The van der Waals surface area contributed by atoms with E-state index < -0.39 is 0 Å². The van der Waals surface area contributed by atoms with E-state index in [4.69, 9.17) is 4.74 Å². The van der Waals surface area contributed by atoms with Crippen molar-refractivity contribution in [3.8, 4) is 0 Å². The molecule has 0 aliphatic heterocycles. The monoisotopic (exact) mass is 239 g/mol. The fraction of sp³-hybridized carbons (Fsp3) is 1.00. The number of hydrogen-bond acceptors (Lipinski definition) is 2. The fourth-order valence-corrected chi connectivity index (χ4v) is 3.52. The zero-order valence-corrected chi connectivity index (χ0v) is 11.6. The Kier molecular flexibility index (Phi) is 5.30. The van der Waals surface area contributed by atoms with Crippen LogP contribution in [-0.2, 0) is 4.74 Å². The van der Waals surface area contributed by atoms with Crippen molar-refractivity contribution in [3.05, 3.63) is 0 Å². The summed E-state index contributed by atoms with van der Waals surface area (Å²) in [6, 6.07) is 0.592. The minimum atomic E-state index is 0.470. The van der Waals surface area contributed by atoms with Crippen LogP contribution in [0.2, 0.25) is 0 Å². The zero-order chi connectivity index (χ0) is 12.1. The standard InChI is InChI=1S/C15H29NO/c1-12-7-6-8-13(11-12)17-15-10-5-3-4-9-14(15)16-2/h12-16H,3-11H2,1-2H3. The average Bonchev–Trinajstić information content (AvgIpc) is 2.54. The van der Waals surface area contributed by atoms with Crippen molar-refractivity contribution in [2.75, 3.05) is 7.05 Å². The zero-order valence-electron chi connectivity index (χ0n) is 11.6. The number of rotatable bonds is 3. The molecular formula is C15H29NO. The Labute approximate surface area is 107 Å². The third-order valence-corrected chi connectivity index (χ3v) is 4.58. The van der Waals surface area contributed by atoms with Gasteiger partial charge in [0.2, 0.25) is 0 Å². The SMILES string of the molecule is CNC1CCCCCC1OC1CCCC(C)C1. The van der Waals surface area contributed by atoms with E-state index in [-0.39, 0.29) is 0 Å². The van der Waals surface area contributed by atoms with Crippen molar-refractivity contribution >= 4 is 0 Å². The Bertz CT molecular complexity index is 219. The van der Waals surface area contributed by atoms with E-state index >= 15 is 0 Å². The van der Waals surface area contributed by atoms with Gasteiger partial charge in [0.15, 0.2) is 0 Å². The molecule has 2 nitrogen and oxygen atoms in total. The number of likely N-dealkylation sites (N-methyl/N-ethyl adjacent to an activating group) is 1. The highest BCUT2D eigenvalue weighted by atomic mass is 16.5. The first-order valence-electron chi connectivity index (χ1n) is 7.62. The van der Waals surface area contributed by atoms with Crippen LogP contribution in [0.3, 0.4) is 0 Å². The van der Waals surface area contributed by atoms with Gasteiger partial charge in [-0.05, 0) is 38.6 Å². The van der Waals surface area contributed by atoms with E-state index in [1.165, 1.54) is 57.8 Å². The predicted octanol–water partition coefficient (Wildman–Crippen LogP) is 3.50. The van der Waals surface area contributed by atoms with Crippen LogP contribution in [-0.4, -0.2) is 25.3 Å². The predicted molar refractivity (Wildman–Crippen MR) is 72.2 cm³/mol. The molecule has 2 aliphatic carbocycles. The van der Waals surface area contributed by atoms with Gasteiger partial charge in [0.05, 0.1) is 12.2 Å². The lowest BCUT2D eigenvalue weighted by atomic mass is 9.88. The molecule has 100 valence electrons. The molecule has 0 spiro atoms. The summed E-state index contributed by atoms with van der Waals surface area (Å²) in [5, 5.41) is 3.47. The molecule has 1 N–H and O–H groups in total. The van der Waals surface area contributed by atoms with Gasteiger partial charge < -0.3 is 10.1 Å². The quantitative estimate of drug-likeness (QED) is 0.761. The van der Waals surface area contributed by atoms with Gasteiger partial charge in [-0.15, -0.1) is 0 Å². The highest BCUT2D eigenvalue weighted by Crippen LogP contribution is 2.29. The molecule has 4 atom stereocenters. The van der Waals surface area contributed by atoms with Gasteiger partial charge >= 0.3 is 0 Å². The topological polar surface area (TPSA) is 21.3 Å². The third-order valence-electron chi connectivity index (χ3n) is 4.58. The van der Waals surface area contributed by atoms with Crippen LogP contribution in [0.25, 0.3) is 0 Å². The Morgan fingerprint density at radius 2 is 1.76 bits per heavy atom. The van der Waals surface area contributed by atoms with Gasteiger partial charge in [0.25, 0.3) is 0 Å². The lowest BCUT2D eigenvalue weighted by Gasteiger charge is -2.33. The Morgan fingerprint density at radius 3 is 2.53 bits per heavy atom. The molecule has 4 unspecified atom stereocenters. The number of hydrogen-bond donors (Lipinski definition) is 1. The van der Waals surface area contributed by atoms with Gasteiger partial charge in [0, 0.05) is 6.04 Å². The van der Waals surface area contributed by atoms with Crippen LogP contribution < -0.4 is 5.32 Å². The minimum Gasteiger partial charge on any atom is -0.373 e. The molecule has 0 aromatic carbocycles. The lowest BCUT2D eigenvalue weighted by Crippen LogP contribution is -2.41. The molecular weight excluding hydrogens is 210 g/mol.